The third kappa shape index (κ3) is 2.53. The van der Waals surface area contributed by atoms with Crippen LogP contribution in [0.25, 0.3) is 0 Å². The number of anilines is 1. The van der Waals surface area contributed by atoms with E-state index in [4.69, 9.17) is 9.47 Å². The van der Waals surface area contributed by atoms with Crippen molar-refractivity contribution in [2.24, 2.45) is 0 Å². The summed E-state index contributed by atoms with van der Waals surface area (Å²) in [4.78, 5) is 12.3. The van der Waals surface area contributed by atoms with Crippen molar-refractivity contribution < 1.29 is 14.4 Å². The molecule has 2 rings (SSSR count). The molecule has 0 aliphatic carbocycles. The Labute approximate surface area is 104 Å². The van der Waals surface area contributed by atoms with Gasteiger partial charge in [0.2, 0.25) is 5.82 Å². The zero-order valence-corrected chi connectivity index (χ0v) is 10.2. The Morgan fingerprint density at radius 1 is 1.56 bits per heavy atom. The summed E-state index contributed by atoms with van der Waals surface area (Å²) in [5.41, 5.74) is 0. The first-order valence-corrected chi connectivity index (χ1v) is 5.92. The maximum absolute atomic E-state index is 10.9. The van der Waals surface area contributed by atoms with E-state index in [1.807, 2.05) is 11.8 Å². The van der Waals surface area contributed by atoms with E-state index in [0.29, 0.717) is 38.7 Å². The van der Waals surface area contributed by atoms with Crippen molar-refractivity contribution in [3.8, 4) is 5.75 Å². The van der Waals surface area contributed by atoms with Crippen LogP contribution in [-0.2, 0) is 4.74 Å². The third-order valence-corrected chi connectivity index (χ3v) is 2.63. The number of hydrogen-bond donors (Lipinski definition) is 1. The van der Waals surface area contributed by atoms with Crippen molar-refractivity contribution in [1.82, 2.24) is 10.2 Å². The SMILES string of the molecule is CCCOc1c(N2CCOCC2)n[nH]c1[N+](=O)[O-]. The molecule has 1 aromatic rings. The van der Waals surface area contributed by atoms with Crippen molar-refractivity contribution in [3.63, 3.8) is 0 Å². The van der Waals surface area contributed by atoms with Crippen LogP contribution < -0.4 is 9.64 Å². The van der Waals surface area contributed by atoms with Gasteiger partial charge in [0.1, 0.15) is 0 Å². The van der Waals surface area contributed by atoms with Gasteiger partial charge >= 0.3 is 5.82 Å². The van der Waals surface area contributed by atoms with Gasteiger partial charge < -0.3 is 24.5 Å². The van der Waals surface area contributed by atoms with Crippen LogP contribution in [0.4, 0.5) is 11.6 Å². The summed E-state index contributed by atoms with van der Waals surface area (Å²) in [7, 11) is 0. The first-order chi connectivity index (χ1) is 8.74. The Kier molecular flexibility index (Phi) is 3.98. The fourth-order valence-corrected chi connectivity index (χ4v) is 1.76. The van der Waals surface area contributed by atoms with Crippen LogP contribution in [0.15, 0.2) is 0 Å². The normalized spacial score (nSPS) is 15.7. The average molecular weight is 256 g/mol. The van der Waals surface area contributed by atoms with Gasteiger partial charge in [0, 0.05) is 13.1 Å². The van der Waals surface area contributed by atoms with Crippen molar-refractivity contribution in [3.05, 3.63) is 10.1 Å². The van der Waals surface area contributed by atoms with E-state index in [9.17, 15) is 10.1 Å². The Hall–Kier alpha value is -1.83. The molecule has 0 amide bonds. The van der Waals surface area contributed by atoms with Gasteiger partial charge in [0.25, 0.3) is 5.75 Å². The standard InChI is InChI=1S/C10H16N4O4/c1-2-5-18-8-9(11-12-10(8)14(15)16)13-3-6-17-7-4-13/h2-7H2,1H3,(H,11,12). The van der Waals surface area contributed by atoms with E-state index in [1.165, 1.54) is 0 Å². The molecule has 0 saturated carbocycles. The Morgan fingerprint density at radius 3 is 2.89 bits per heavy atom. The molecule has 1 aliphatic rings. The van der Waals surface area contributed by atoms with Crippen LogP contribution in [0.2, 0.25) is 0 Å². The molecule has 1 N–H and O–H groups in total. The maximum Gasteiger partial charge on any atom is 0.387 e. The minimum absolute atomic E-state index is 0.190. The van der Waals surface area contributed by atoms with Crippen molar-refractivity contribution in [2.75, 3.05) is 37.8 Å². The number of H-pyrrole nitrogens is 1. The Bertz CT molecular complexity index is 414. The number of hydrogen-bond acceptors (Lipinski definition) is 6. The van der Waals surface area contributed by atoms with Crippen LogP contribution in [0, 0.1) is 10.1 Å². The van der Waals surface area contributed by atoms with E-state index < -0.39 is 4.92 Å². The summed E-state index contributed by atoms with van der Waals surface area (Å²) >= 11 is 0. The molecule has 18 heavy (non-hydrogen) atoms. The highest BCUT2D eigenvalue weighted by molar-refractivity contribution is 5.60. The molecule has 0 bridgehead atoms. The van der Waals surface area contributed by atoms with Gasteiger partial charge in [-0.05, 0) is 11.3 Å². The molecule has 100 valence electrons. The predicted molar refractivity (Wildman–Crippen MR) is 64.1 cm³/mol. The molecule has 0 radical (unpaired) electrons. The molecule has 1 fully saturated rings. The lowest BCUT2D eigenvalue weighted by Crippen LogP contribution is -2.36. The monoisotopic (exact) mass is 256 g/mol. The summed E-state index contributed by atoms with van der Waals surface area (Å²) in [6.45, 7) is 4.87. The first kappa shape index (κ1) is 12.6. The van der Waals surface area contributed by atoms with Crippen molar-refractivity contribution in [2.45, 2.75) is 13.3 Å². The van der Waals surface area contributed by atoms with E-state index in [0.717, 1.165) is 6.42 Å². The highest BCUT2D eigenvalue weighted by Gasteiger charge is 2.28. The molecule has 8 nitrogen and oxygen atoms in total. The molecular formula is C10H16N4O4. The molecule has 1 aliphatic heterocycles. The van der Waals surface area contributed by atoms with Crippen molar-refractivity contribution in [1.29, 1.82) is 0 Å². The second-order valence-electron chi connectivity index (χ2n) is 3.93. The predicted octanol–water partition coefficient (Wildman–Crippen LogP) is 0.943. The number of nitrogens with zero attached hydrogens (tertiary/aromatic N) is 3. The van der Waals surface area contributed by atoms with Gasteiger partial charge in [-0.2, -0.15) is 0 Å². The van der Waals surface area contributed by atoms with Gasteiger partial charge in [0.05, 0.1) is 19.8 Å². The van der Waals surface area contributed by atoms with E-state index in [1.54, 1.807) is 0 Å². The second-order valence-corrected chi connectivity index (χ2v) is 3.93. The fourth-order valence-electron chi connectivity index (χ4n) is 1.76. The molecular weight excluding hydrogens is 240 g/mol. The minimum Gasteiger partial charge on any atom is -0.483 e. The quantitative estimate of drug-likeness (QED) is 0.622. The summed E-state index contributed by atoms with van der Waals surface area (Å²) < 4.78 is 10.7. The summed E-state index contributed by atoms with van der Waals surface area (Å²) in [5, 5.41) is 17.3. The Balaban J connectivity index is 2.24. The summed E-state index contributed by atoms with van der Waals surface area (Å²) in [6.07, 6.45) is 0.783. The van der Waals surface area contributed by atoms with E-state index >= 15 is 0 Å². The smallest absolute Gasteiger partial charge is 0.387 e. The molecule has 0 atom stereocenters. The van der Waals surface area contributed by atoms with E-state index in [-0.39, 0.29) is 11.6 Å². The molecule has 1 saturated heterocycles. The zero-order chi connectivity index (χ0) is 13.0. The zero-order valence-electron chi connectivity index (χ0n) is 10.2. The fraction of sp³-hybridized carbons (Fsp3) is 0.700. The lowest BCUT2D eigenvalue weighted by molar-refractivity contribution is -0.390. The number of aromatic nitrogens is 2. The molecule has 1 aromatic heterocycles. The van der Waals surface area contributed by atoms with Gasteiger partial charge in [-0.1, -0.05) is 12.0 Å². The number of ether oxygens (including phenoxy) is 2. The molecule has 8 heteroatoms. The van der Waals surface area contributed by atoms with Crippen LogP contribution in [0.5, 0.6) is 5.75 Å². The van der Waals surface area contributed by atoms with Gasteiger partial charge in [0.15, 0.2) is 0 Å². The number of morpholine rings is 1. The summed E-state index contributed by atoms with van der Waals surface area (Å²) in [5.74, 6) is 0.534. The summed E-state index contributed by atoms with van der Waals surface area (Å²) in [6, 6.07) is 0. The van der Waals surface area contributed by atoms with Crippen LogP contribution in [-0.4, -0.2) is 48.0 Å². The number of rotatable bonds is 5. The highest BCUT2D eigenvalue weighted by Crippen LogP contribution is 2.35. The molecule has 0 unspecified atom stereocenters. The molecule has 2 heterocycles. The lowest BCUT2D eigenvalue weighted by Gasteiger charge is -2.26. The third-order valence-electron chi connectivity index (χ3n) is 2.63. The number of aromatic amines is 1. The lowest BCUT2D eigenvalue weighted by atomic mass is 10.4. The largest absolute Gasteiger partial charge is 0.483 e. The molecule has 0 aromatic carbocycles. The highest BCUT2D eigenvalue weighted by atomic mass is 16.6. The molecule has 0 spiro atoms. The second kappa shape index (κ2) is 5.67. The Morgan fingerprint density at radius 2 is 2.28 bits per heavy atom. The first-order valence-electron chi connectivity index (χ1n) is 5.92. The van der Waals surface area contributed by atoms with Crippen LogP contribution >= 0.6 is 0 Å². The number of nitrogens with one attached hydrogen (secondary N) is 1. The maximum atomic E-state index is 10.9. The number of nitro groups is 1. The van der Waals surface area contributed by atoms with Crippen LogP contribution in [0.1, 0.15) is 13.3 Å². The van der Waals surface area contributed by atoms with Crippen molar-refractivity contribution >= 4 is 11.6 Å². The van der Waals surface area contributed by atoms with Crippen LogP contribution in [0.3, 0.4) is 0 Å². The average Bonchev–Trinajstić information content (AvgIpc) is 2.81. The van der Waals surface area contributed by atoms with Gasteiger partial charge in [-0.15, -0.1) is 5.10 Å². The van der Waals surface area contributed by atoms with Gasteiger partial charge in [-0.3, -0.25) is 0 Å². The topological polar surface area (TPSA) is 93.5 Å². The van der Waals surface area contributed by atoms with Gasteiger partial charge in [-0.25, -0.2) is 0 Å². The van der Waals surface area contributed by atoms with E-state index in [2.05, 4.69) is 10.2 Å². The minimum atomic E-state index is -0.512.